The van der Waals surface area contributed by atoms with Gasteiger partial charge in [-0.05, 0) is 70.8 Å². The molecule has 4 rings (SSSR count). The molecule has 0 unspecified atom stereocenters. The summed E-state index contributed by atoms with van der Waals surface area (Å²) in [5.74, 6) is 0.707. The van der Waals surface area contributed by atoms with Gasteiger partial charge in [0.1, 0.15) is 11.6 Å². The maximum Gasteiger partial charge on any atom is 0.126 e. The Kier molecular flexibility index (Phi) is 5.91. The Morgan fingerprint density at radius 1 is 1.00 bits per heavy atom. The van der Waals surface area contributed by atoms with Crippen molar-refractivity contribution in [3.63, 3.8) is 0 Å². The van der Waals surface area contributed by atoms with Crippen LogP contribution in [0.25, 0.3) is 11.1 Å². The number of halogens is 1. The van der Waals surface area contributed by atoms with Gasteiger partial charge in [0.05, 0.1) is 33.0 Å². The SMILES string of the molecule is COCc1cc(OCC2(C)COC2)cc(COC)c1-c1ccc(F)c2c1CCC2. The van der Waals surface area contributed by atoms with E-state index in [0.29, 0.717) is 19.8 Å². The van der Waals surface area contributed by atoms with Crippen LogP contribution in [0.5, 0.6) is 5.75 Å². The molecule has 0 bridgehead atoms. The average molecular weight is 400 g/mol. The Balaban J connectivity index is 1.77. The average Bonchev–Trinajstić information content (AvgIpc) is 3.17. The van der Waals surface area contributed by atoms with Crippen LogP contribution < -0.4 is 4.74 Å². The monoisotopic (exact) mass is 400 g/mol. The van der Waals surface area contributed by atoms with Crippen LogP contribution in [0.15, 0.2) is 24.3 Å². The van der Waals surface area contributed by atoms with E-state index in [4.69, 9.17) is 18.9 Å². The summed E-state index contributed by atoms with van der Waals surface area (Å²) in [5, 5.41) is 0. The van der Waals surface area contributed by atoms with E-state index in [1.54, 1.807) is 20.3 Å². The fraction of sp³-hybridized carbons (Fsp3) is 0.500. The minimum Gasteiger partial charge on any atom is -0.493 e. The van der Waals surface area contributed by atoms with Gasteiger partial charge in [-0.25, -0.2) is 4.39 Å². The van der Waals surface area contributed by atoms with Gasteiger partial charge in [-0.2, -0.15) is 0 Å². The maximum absolute atomic E-state index is 14.3. The third-order valence-electron chi connectivity index (χ3n) is 5.86. The van der Waals surface area contributed by atoms with Crippen LogP contribution in [0.3, 0.4) is 0 Å². The molecular weight excluding hydrogens is 371 g/mol. The predicted molar refractivity (Wildman–Crippen MR) is 110 cm³/mol. The highest BCUT2D eigenvalue weighted by Gasteiger charge is 2.34. The highest BCUT2D eigenvalue weighted by Crippen LogP contribution is 2.40. The molecule has 0 N–H and O–H groups in total. The van der Waals surface area contributed by atoms with Gasteiger partial charge in [0, 0.05) is 19.6 Å². The second-order valence-corrected chi connectivity index (χ2v) is 8.48. The van der Waals surface area contributed by atoms with Crippen LogP contribution in [-0.2, 0) is 40.3 Å². The summed E-state index contributed by atoms with van der Waals surface area (Å²) in [4.78, 5) is 0. The molecule has 2 aromatic carbocycles. The molecule has 1 saturated heterocycles. The largest absolute Gasteiger partial charge is 0.493 e. The van der Waals surface area contributed by atoms with Gasteiger partial charge in [-0.3, -0.25) is 0 Å². The summed E-state index contributed by atoms with van der Waals surface area (Å²) in [6, 6.07) is 7.59. The second kappa shape index (κ2) is 8.42. The second-order valence-electron chi connectivity index (χ2n) is 8.48. The molecule has 1 aliphatic carbocycles. The van der Waals surface area contributed by atoms with Crippen molar-refractivity contribution in [2.45, 2.75) is 39.4 Å². The molecule has 2 aromatic rings. The first kappa shape index (κ1) is 20.3. The van der Waals surface area contributed by atoms with Gasteiger partial charge in [0.25, 0.3) is 0 Å². The van der Waals surface area contributed by atoms with E-state index >= 15 is 0 Å². The molecule has 1 aliphatic heterocycles. The molecule has 2 aliphatic rings. The normalized spacial score (nSPS) is 17.1. The van der Waals surface area contributed by atoms with E-state index in [2.05, 4.69) is 6.92 Å². The van der Waals surface area contributed by atoms with Crippen molar-refractivity contribution in [3.8, 4) is 16.9 Å². The van der Waals surface area contributed by atoms with Gasteiger partial charge in [0.15, 0.2) is 0 Å². The van der Waals surface area contributed by atoms with Crippen molar-refractivity contribution in [1.82, 2.24) is 0 Å². The Morgan fingerprint density at radius 3 is 2.24 bits per heavy atom. The zero-order chi connectivity index (χ0) is 20.4. The third-order valence-corrected chi connectivity index (χ3v) is 5.86. The van der Waals surface area contributed by atoms with Gasteiger partial charge < -0.3 is 18.9 Å². The van der Waals surface area contributed by atoms with Crippen LogP contribution in [0.2, 0.25) is 0 Å². The zero-order valence-electron chi connectivity index (χ0n) is 17.5. The highest BCUT2D eigenvalue weighted by atomic mass is 19.1. The molecule has 5 heteroatoms. The Morgan fingerprint density at radius 2 is 1.66 bits per heavy atom. The van der Waals surface area contributed by atoms with E-state index in [9.17, 15) is 4.39 Å². The van der Waals surface area contributed by atoms with E-state index in [1.807, 2.05) is 18.2 Å². The molecule has 0 radical (unpaired) electrons. The van der Waals surface area contributed by atoms with E-state index in [1.165, 1.54) is 0 Å². The molecule has 0 aromatic heterocycles. The minimum absolute atomic E-state index is 0.0687. The predicted octanol–water partition coefficient (Wildman–Crippen LogP) is 4.69. The van der Waals surface area contributed by atoms with Gasteiger partial charge in [-0.15, -0.1) is 0 Å². The van der Waals surface area contributed by atoms with Crippen molar-refractivity contribution in [1.29, 1.82) is 0 Å². The fourth-order valence-electron chi connectivity index (χ4n) is 4.39. The first-order chi connectivity index (χ1) is 14.0. The first-order valence-electron chi connectivity index (χ1n) is 10.2. The topological polar surface area (TPSA) is 36.9 Å². The number of fused-ring (bicyclic) bond motifs is 1. The Hall–Kier alpha value is -1.95. The summed E-state index contributed by atoms with van der Waals surface area (Å²) in [5.41, 5.74) is 6.28. The lowest BCUT2D eigenvalue weighted by molar-refractivity contribution is -0.120. The number of methoxy groups -OCH3 is 2. The van der Waals surface area contributed by atoms with Crippen molar-refractivity contribution < 1.29 is 23.3 Å². The molecule has 0 spiro atoms. The molecule has 1 fully saturated rings. The minimum atomic E-state index is -0.0984. The van der Waals surface area contributed by atoms with Crippen LogP contribution in [0.1, 0.15) is 35.6 Å². The fourth-order valence-corrected chi connectivity index (χ4v) is 4.39. The standard InChI is InChI=1S/C24H29FO4/c1-24(13-28-14-24)15-29-18-9-16(11-26-2)23(17(10-18)12-27-3)21-7-8-22(25)20-6-4-5-19(20)21/h7-10H,4-6,11-15H2,1-3H3. The molecular formula is C24H29FO4. The number of hydrogen-bond donors (Lipinski definition) is 0. The third kappa shape index (κ3) is 4.04. The molecule has 1 heterocycles. The lowest BCUT2D eigenvalue weighted by Gasteiger charge is -2.37. The summed E-state index contributed by atoms with van der Waals surface area (Å²) >= 11 is 0. The van der Waals surface area contributed by atoms with Crippen LogP contribution >= 0.6 is 0 Å². The van der Waals surface area contributed by atoms with E-state index < -0.39 is 0 Å². The number of benzene rings is 2. The number of hydrogen-bond acceptors (Lipinski definition) is 4. The van der Waals surface area contributed by atoms with Crippen LogP contribution in [0, 0.1) is 11.2 Å². The lowest BCUT2D eigenvalue weighted by atomic mass is 9.89. The lowest BCUT2D eigenvalue weighted by Crippen LogP contribution is -2.44. The smallest absolute Gasteiger partial charge is 0.126 e. The van der Waals surface area contributed by atoms with E-state index in [0.717, 1.165) is 71.6 Å². The molecule has 156 valence electrons. The van der Waals surface area contributed by atoms with Crippen molar-refractivity contribution in [2.75, 3.05) is 34.0 Å². The van der Waals surface area contributed by atoms with Crippen molar-refractivity contribution in [3.05, 3.63) is 52.3 Å². The van der Waals surface area contributed by atoms with Gasteiger partial charge in [0.2, 0.25) is 0 Å². The van der Waals surface area contributed by atoms with Gasteiger partial charge >= 0.3 is 0 Å². The molecule has 29 heavy (non-hydrogen) atoms. The molecule has 0 amide bonds. The first-order valence-corrected chi connectivity index (χ1v) is 10.2. The van der Waals surface area contributed by atoms with Gasteiger partial charge in [-0.1, -0.05) is 13.0 Å². The number of rotatable bonds is 8. The number of ether oxygens (including phenoxy) is 4. The summed E-state index contributed by atoms with van der Waals surface area (Å²) in [6.45, 7) is 5.13. The van der Waals surface area contributed by atoms with Crippen molar-refractivity contribution in [2.24, 2.45) is 5.41 Å². The Labute approximate surface area is 171 Å². The zero-order valence-corrected chi connectivity index (χ0v) is 17.5. The summed E-state index contributed by atoms with van der Waals surface area (Å²) in [7, 11) is 3.38. The van der Waals surface area contributed by atoms with E-state index in [-0.39, 0.29) is 11.2 Å². The maximum atomic E-state index is 14.3. The Bertz CT molecular complexity index is 862. The van der Waals surface area contributed by atoms with Crippen LogP contribution in [-0.4, -0.2) is 34.0 Å². The molecule has 0 saturated carbocycles. The quantitative estimate of drug-likeness (QED) is 0.644. The summed E-state index contributed by atoms with van der Waals surface area (Å²) < 4.78 is 36.8. The highest BCUT2D eigenvalue weighted by molar-refractivity contribution is 5.76. The summed E-state index contributed by atoms with van der Waals surface area (Å²) in [6.07, 6.45) is 2.69. The van der Waals surface area contributed by atoms with Crippen molar-refractivity contribution >= 4 is 0 Å². The molecule has 0 atom stereocenters. The molecule has 4 nitrogen and oxygen atoms in total. The van der Waals surface area contributed by atoms with Crippen LogP contribution in [0.4, 0.5) is 4.39 Å².